The molecule has 90 valence electrons. The summed E-state index contributed by atoms with van der Waals surface area (Å²) in [4.78, 5) is 11.7. The maximum absolute atomic E-state index is 11.7. The Bertz CT molecular complexity index is 281. The highest BCUT2D eigenvalue weighted by molar-refractivity contribution is 5.80. The van der Waals surface area contributed by atoms with Gasteiger partial charge >= 0.3 is 5.97 Å². The highest BCUT2D eigenvalue weighted by atomic mass is 16.5. The predicted octanol–water partition coefficient (Wildman–Crippen LogP) is 2.91. The van der Waals surface area contributed by atoms with Gasteiger partial charge in [0.15, 0.2) is 5.41 Å². The molecule has 0 N–H and O–H groups in total. The van der Waals surface area contributed by atoms with Gasteiger partial charge in [-0.2, -0.15) is 5.26 Å². The number of rotatable bonds is 2. The van der Waals surface area contributed by atoms with E-state index in [4.69, 9.17) is 10.00 Å². The van der Waals surface area contributed by atoms with Gasteiger partial charge in [-0.15, -0.1) is 0 Å². The summed E-state index contributed by atoms with van der Waals surface area (Å²) in [5.41, 5.74) is -0.804. The van der Waals surface area contributed by atoms with Gasteiger partial charge in [0.2, 0.25) is 0 Å². The topological polar surface area (TPSA) is 50.1 Å². The van der Waals surface area contributed by atoms with Crippen LogP contribution in [0.1, 0.15) is 46.5 Å². The molecule has 2 aliphatic carbocycles. The van der Waals surface area contributed by atoms with E-state index < -0.39 is 5.41 Å². The highest BCUT2D eigenvalue weighted by Crippen LogP contribution is 2.55. The lowest BCUT2D eigenvalue weighted by molar-refractivity contribution is -0.151. The Morgan fingerprint density at radius 3 is 2.19 bits per heavy atom. The van der Waals surface area contributed by atoms with Crippen molar-refractivity contribution in [1.29, 1.82) is 5.26 Å². The maximum Gasteiger partial charge on any atom is 0.326 e. The second-order valence-electron chi connectivity index (χ2n) is 4.42. The minimum atomic E-state index is -0.804. The van der Waals surface area contributed by atoms with Crippen molar-refractivity contribution in [3.05, 3.63) is 0 Å². The number of nitriles is 1. The van der Waals surface area contributed by atoms with Gasteiger partial charge in [0.25, 0.3) is 0 Å². The van der Waals surface area contributed by atoms with E-state index in [0.717, 1.165) is 12.8 Å². The van der Waals surface area contributed by atoms with E-state index in [1.54, 1.807) is 6.92 Å². The molecule has 0 aliphatic heterocycles. The quantitative estimate of drug-likeness (QED) is 0.676. The van der Waals surface area contributed by atoms with Crippen molar-refractivity contribution < 1.29 is 9.53 Å². The summed E-state index contributed by atoms with van der Waals surface area (Å²) >= 11 is 0. The molecule has 0 aromatic carbocycles. The van der Waals surface area contributed by atoms with Crippen LogP contribution in [-0.4, -0.2) is 12.6 Å². The molecule has 0 aromatic rings. The number of hydrogen-bond donors (Lipinski definition) is 0. The van der Waals surface area contributed by atoms with E-state index in [2.05, 4.69) is 6.07 Å². The smallest absolute Gasteiger partial charge is 0.326 e. The Hall–Kier alpha value is -1.04. The minimum absolute atomic E-state index is 0.295. The second kappa shape index (κ2) is 5.34. The summed E-state index contributed by atoms with van der Waals surface area (Å²) in [7, 11) is 0. The summed E-state index contributed by atoms with van der Waals surface area (Å²) in [5, 5.41) is 9.13. The molecule has 0 saturated heterocycles. The summed E-state index contributed by atoms with van der Waals surface area (Å²) < 4.78 is 4.98. The first-order valence-electron chi connectivity index (χ1n) is 6.30. The van der Waals surface area contributed by atoms with Crippen LogP contribution >= 0.6 is 0 Å². The van der Waals surface area contributed by atoms with Crippen molar-refractivity contribution in [3.63, 3.8) is 0 Å². The molecule has 16 heavy (non-hydrogen) atoms. The summed E-state index contributed by atoms with van der Waals surface area (Å²) in [6, 6.07) is 2.19. The SMILES string of the molecule is CC.CCOC(=O)C1(C#N)CC2CCC2C1. The molecule has 3 nitrogen and oxygen atoms in total. The Kier molecular flexibility index (Phi) is 4.35. The van der Waals surface area contributed by atoms with Crippen LogP contribution in [0.3, 0.4) is 0 Å². The molecular formula is C13H21NO2. The largest absolute Gasteiger partial charge is 0.465 e. The monoisotopic (exact) mass is 223 g/mol. The van der Waals surface area contributed by atoms with E-state index in [1.165, 1.54) is 12.8 Å². The Labute approximate surface area is 97.8 Å². The lowest BCUT2D eigenvalue weighted by atomic mass is 9.77. The van der Waals surface area contributed by atoms with Crippen LogP contribution in [0, 0.1) is 28.6 Å². The number of carbonyl (C=O) groups is 1. The van der Waals surface area contributed by atoms with Gasteiger partial charge in [0, 0.05) is 0 Å². The average Bonchev–Trinajstić information content (AvgIpc) is 2.56. The zero-order chi connectivity index (χ0) is 12.2. The number of hydrogen-bond acceptors (Lipinski definition) is 3. The zero-order valence-electron chi connectivity index (χ0n) is 10.5. The number of nitrogens with zero attached hydrogens (tertiary/aromatic N) is 1. The molecule has 2 fully saturated rings. The van der Waals surface area contributed by atoms with Crippen molar-refractivity contribution in [2.75, 3.05) is 6.61 Å². The lowest BCUT2D eigenvalue weighted by Gasteiger charge is -2.29. The van der Waals surface area contributed by atoms with Crippen LogP contribution in [-0.2, 0) is 9.53 Å². The van der Waals surface area contributed by atoms with Gasteiger partial charge in [-0.05, 0) is 44.4 Å². The van der Waals surface area contributed by atoms with E-state index in [9.17, 15) is 4.79 Å². The van der Waals surface area contributed by atoms with Crippen molar-refractivity contribution in [1.82, 2.24) is 0 Å². The van der Waals surface area contributed by atoms with Crippen LogP contribution in [0.25, 0.3) is 0 Å². The van der Waals surface area contributed by atoms with E-state index >= 15 is 0 Å². The fourth-order valence-corrected chi connectivity index (χ4v) is 2.73. The molecule has 0 bridgehead atoms. The van der Waals surface area contributed by atoms with Crippen LogP contribution in [0.4, 0.5) is 0 Å². The molecular weight excluding hydrogens is 202 g/mol. The van der Waals surface area contributed by atoms with Gasteiger partial charge in [-0.1, -0.05) is 13.8 Å². The van der Waals surface area contributed by atoms with Crippen LogP contribution in [0.2, 0.25) is 0 Å². The number of ether oxygens (including phenoxy) is 1. The van der Waals surface area contributed by atoms with E-state index in [0.29, 0.717) is 18.4 Å². The van der Waals surface area contributed by atoms with Crippen LogP contribution in [0.15, 0.2) is 0 Å². The van der Waals surface area contributed by atoms with E-state index in [-0.39, 0.29) is 5.97 Å². The van der Waals surface area contributed by atoms with Gasteiger partial charge in [-0.3, -0.25) is 4.79 Å². The Morgan fingerprint density at radius 2 is 1.88 bits per heavy atom. The van der Waals surface area contributed by atoms with Crippen molar-refractivity contribution in [2.45, 2.75) is 46.5 Å². The molecule has 0 heterocycles. The normalized spacial score (nSPS) is 34.9. The molecule has 2 rings (SSSR count). The third-order valence-electron chi connectivity index (χ3n) is 3.68. The van der Waals surface area contributed by atoms with Crippen molar-refractivity contribution >= 4 is 5.97 Å². The minimum Gasteiger partial charge on any atom is -0.465 e. The van der Waals surface area contributed by atoms with Gasteiger partial charge in [-0.25, -0.2) is 0 Å². The lowest BCUT2D eigenvalue weighted by Crippen LogP contribution is -2.28. The first kappa shape index (κ1) is 13.0. The van der Waals surface area contributed by atoms with Crippen LogP contribution in [0.5, 0.6) is 0 Å². The highest BCUT2D eigenvalue weighted by Gasteiger charge is 2.54. The molecule has 2 saturated carbocycles. The summed E-state index contributed by atoms with van der Waals surface area (Å²) in [5.74, 6) is 0.926. The molecule has 2 atom stereocenters. The Balaban J connectivity index is 0.000000606. The predicted molar refractivity (Wildman–Crippen MR) is 61.5 cm³/mol. The first-order valence-corrected chi connectivity index (χ1v) is 6.30. The standard InChI is InChI=1S/C11H15NO2.C2H6/c1-2-14-10(13)11(7-12)5-8-3-4-9(8)6-11;1-2/h8-9H,2-6H2,1H3;1-2H3. The van der Waals surface area contributed by atoms with Crippen molar-refractivity contribution in [3.8, 4) is 6.07 Å². The third kappa shape index (κ3) is 2.07. The number of carbonyl (C=O) groups excluding carboxylic acids is 1. The summed E-state index contributed by atoms with van der Waals surface area (Å²) in [6.45, 7) is 6.16. The molecule has 0 aromatic heterocycles. The molecule has 3 heteroatoms. The maximum atomic E-state index is 11.7. The van der Waals surface area contributed by atoms with Crippen LogP contribution < -0.4 is 0 Å². The van der Waals surface area contributed by atoms with Gasteiger partial charge < -0.3 is 4.74 Å². The molecule has 0 radical (unpaired) electrons. The molecule has 2 unspecified atom stereocenters. The number of esters is 1. The zero-order valence-corrected chi connectivity index (χ0v) is 10.5. The number of fused-ring (bicyclic) bond motifs is 1. The van der Waals surface area contributed by atoms with Crippen molar-refractivity contribution in [2.24, 2.45) is 17.3 Å². The van der Waals surface area contributed by atoms with Gasteiger partial charge in [0.05, 0.1) is 12.7 Å². The summed E-state index contributed by atoms with van der Waals surface area (Å²) in [6.07, 6.45) is 3.83. The molecule has 2 aliphatic rings. The molecule has 0 amide bonds. The van der Waals surface area contributed by atoms with Gasteiger partial charge in [0.1, 0.15) is 0 Å². The second-order valence-corrected chi connectivity index (χ2v) is 4.42. The molecule has 0 spiro atoms. The fourth-order valence-electron chi connectivity index (χ4n) is 2.73. The fraction of sp³-hybridized carbons (Fsp3) is 0.846. The van der Waals surface area contributed by atoms with E-state index in [1.807, 2.05) is 13.8 Å². The Morgan fingerprint density at radius 1 is 1.38 bits per heavy atom. The first-order chi connectivity index (χ1) is 7.72. The third-order valence-corrected chi connectivity index (χ3v) is 3.68. The average molecular weight is 223 g/mol.